The third-order valence-electron chi connectivity index (χ3n) is 2.92. The molecule has 2 rings (SSSR count). The van der Waals surface area contributed by atoms with Crippen LogP contribution in [0.2, 0.25) is 5.02 Å². The van der Waals surface area contributed by atoms with Gasteiger partial charge in [-0.2, -0.15) is 4.31 Å². The Labute approximate surface area is 129 Å². The number of rotatable bonds is 3. The van der Waals surface area contributed by atoms with Crippen LogP contribution in [0.3, 0.4) is 0 Å². The van der Waals surface area contributed by atoms with Crippen molar-refractivity contribution >= 4 is 60.5 Å². The molecule has 1 fully saturated rings. The Morgan fingerprint density at radius 3 is 2.83 bits per heavy atom. The summed E-state index contributed by atoms with van der Waals surface area (Å²) in [6.45, 7) is 1.06. The number of nitrogens with zero attached hydrogens (tertiary/aromatic N) is 1. The van der Waals surface area contributed by atoms with Crippen molar-refractivity contribution in [1.29, 1.82) is 0 Å². The van der Waals surface area contributed by atoms with E-state index in [2.05, 4.69) is 15.9 Å². The van der Waals surface area contributed by atoms with Crippen molar-refractivity contribution in [3.8, 4) is 0 Å². The highest BCUT2D eigenvalue weighted by atomic mass is 79.9. The zero-order valence-corrected chi connectivity index (χ0v) is 14.1. The van der Waals surface area contributed by atoms with Crippen LogP contribution in [-0.2, 0) is 10.0 Å². The zero-order chi connectivity index (χ0) is 13.3. The minimum atomic E-state index is -3.43. The van der Waals surface area contributed by atoms with Crippen molar-refractivity contribution in [3.05, 3.63) is 14.9 Å². The summed E-state index contributed by atoms with van der Waals surface area (Å²) in [6, 6.07) is 1.50. The number of hydrogen-bond acceptors (Lipinski definition) is 3. The smallest absolute Gasteiger partial charge is 0.206 e. The fourth-order valence-electron chi connectivity index (χ4n) is 1.95. The maximum Gasteiger partial charge on any atom is 0.252 e. The molecule has 2 heterocycles. The van der Waals surface area contributed by atoms with Crippen LogP contribution in [0.15, 0.2) is 14.1 Å². The van der Waals surface area contributed by atoms with E-state index in [1.807, 2.05) is 0 Å². The third-order valence-corrected chi connectivity index (χ3v) is 8.14. The number of alkyl halides is 1. The maximum absolute atomic E-state index is 12.4. The molecule has 3 nitrogen and oxygen atoms in total. The molecule has 102 valence electrons. The van der Waals surface area contributed by atoms with E-state index in [0.717, 1.165) is 24.2 Å². The van der Waals surface area contributed by atoms with Gasteiger partial charge in [0.2, 0.25) is 0 Å². The van der Waals surface area contributed by atoms with Crippen LogP contribution in [0.5, 0.6) is 0 Å². The quantitative estimate of drug-likeness (QED) is 0.733. The Balaban J connectivity index is 2.25. The first-order valence-electron chi connectivity index (χ1n) is 5.46. The highest BCUT2D eigenvalue weighted by Crippen LogP contribution is 2.36. The van der Waals surface area contributed by atoms with Gasteiger partial charge in [-0.25, -0.2) is 8.42 Å². The molecule has 1 aliphatic heterocycles. The average molecular weight is 393 g/mol. The predicted molar refractivity (Wildman–Crippen MR) is 79.2 cm³/mol. The van der Waals surface area contributed by atoms with E-state index >= 15 is 0 Å². The van der Waals surface area contributed by atoms with Crippen molar-refractivity contribution in [1.82, 2.24) is 4.31 Å². The average Bonchev–Trinajstić information content (AvgIpc) is 2.70. The first kappa shape index (κ1) is 15.1. The van der Waals surface area contributed by atoms with E-state index in [1.165, 1.54) is 10.4 Å². The van der Waals surface area contributed by atoms with Crippen molar-refractivity contribution in [2.24, 2.45) is 5.92 Å². The van der Waals surface area contributed by atoms with Crippen LogP contribution in [0.1, 0.15) is 12.8 Å². The number of thiophene rings is 1. The number of sulfonamides is 1. The molecular weight excluding hydrogens is 381 g/mol. The lowest BCUT2D eigenvalue weighted by atomic mass is 10.0. The molecule has 0 spiro atoms. The maximum atomic E-state index is 12.4. The fourth-order valence-corrected chi connectivity index (χ4v) is 6.31. The molecule has 1 aliphatic rings. The highest BCUT2D eigenvalue weighted by Gasteiger charge is 2.31. The van der Waals surface area contributed by atoms with E-state index in [0.29, 0.717) is 27.8 Å². The summed E-state index contributed by atoms with van der Waals surface area (Å²) in [7, 11) is -3.43. The topological polar surface area (TPSA) is 37.4 Å². The SMILES string of the molecule is O=S(=O)(c1cc(Cl)c(Br)s1)N1CCCC(CCl)C1. The van der Waals surface area contributed by atoms with E-state index in [9.17, 15) is 8.42 Å². The lowest BCUT2D eigenvalue weighted by Crippen LogP contribution is -2.40. The Kier molecular flexibility index (Phi) is 5.00. The van der Waals surface area contributed by atoms with Gasteiger partial charge in [0.1, 0.15) is 4.21 Å². The van der Waals surface area contributed by atoms with Gasteiger partial charge < -0.3 is 0 Å². The van der Waals surface area contributed by atoms with Gasteiger partial charge in [-0.1, -0.05) is 11.6 Å². The van der Waals surface area contributed by atoms with Crippen molar-refractivity contribution in [2.45, 2.75) is 17.1 Å². The molecule has 18 heavy (non-hydrogen) atoms. The standard InChI is InChI=1S/C10H12BrCl2NO2S2/c11-10-8(13)4-9(17-10)18(15,16)14-3-1-2-7(5-12)6-14/h4,7H,1-3,5-6H2. The molecule has 1 atom stereocenters. The van der Waals surface area contributed by atoms with Gasteiger partial charge in [-0.3, -0.25) is 0 Å². The first-order chi connectivity index (χ1) is 8.45. The number of hydrogen-bond donors (Lipinski definition) is 0. The molecule has 0 aromatic carbocycles. The molecule has 1 aromatic heterocycles. The molecule has 0 aliphatic carbocycles. The van der Waals surface area contributed by atoms with Gasteiger partial charge in [0.05, 0.1) is 8.81 Å². The molecule has 0 saturated carbocycles. The second kappa shape index (κ2) is 5.97. The minimum absolute atomic E-state index is 0.245. The summed E-state index contributed by atoms with van der Waals surface area (Å²) >= 11 is 16.1. The highest BCUT2D eigenvalue weighted by molar-refractivity contribution is 9.11. The second-order valence-corrected chi connectivity index (χ2v) is 9.46. The molecule has 0 amide bonds. The van der Waals surface area contributed by atoms with Gasteiger partial charge in [0.25, 0.3) is 10.0 Å². The Hall–Kier alpha value is 0.670. The molecule has 1 aromatic rings. The summed E-state index contributed by atoms with van der Waals surface area (Å²) in [5, 5.41) is 0.435. The predicted octanol–water partition coefficient (Wildman–Crippen LogP) is 3.80. The lowest BCUT2D eigenvalue weighted by Gasteiger charge is -2.30. The first-order valence-corrected chi connectivity index (χ1v) is 9.42. The molecule has 1 saturated heterocycles. The number of halogens is 3. The van der Waals surface area contributed by atoms with Crippen LogP contribution in [-0.4, -0.2) is 31.7 Å². The van der Waals surface area contributed by atoms with Crippen LogP contribution in [0, 0.1) is 5.92 Å². The fraction of sp³-hybridized carbons (Fsp3) is 0.600. The van der Waals surface area contributed by atoms with Crippen molar-refractivity contribution in [3.63, 3.8) is 0 Å². The molecular formula is C10H12BrCl2NO2S2. The van der Waals surface area contributed by atoms with E-state index in [1.54, 1.807) is 0 Å². The Bertz CT molecular complexity index is 512. The van der Waals surface area contributed by atoms with Crippen molar-refractivity contribution < 1.29 is 8.42 Å². The normalized spacial score (nSPS) is 22.3. The van der Waals surface area contributed by atoms with Crippen LogP contribution < -0.4 is 0 Å². The summed E-state index contributed by atoms with van der Waals surface area (Å²) in [4.78, 5) is 0. The summed E-state index contributed by atoms with van der Waals surface area (Å²) in [5.74, 6) is 0.745. The van der Waals surface area contributed by atoms with E-state index < -0.39 is 10.0 Å². The molecule has 0 bridgehead atoms. The largest absolute Gasteiger partial charge is 0.252 e. The van der Waals surface area contributed by atoms with Gasteiger partial charge in [-0.15, -0.1) is 22.9 Å². The van der Waals surface area contributed by atoms with Crippen LogP contribution in [0.4, 0.5) is 0 Å². The van der Waals surface area contributed by atoms with Crippen molar-refractivity contribution in [2.75, 3.05) is 19.0 Å². The molecule has 1 unspecified atom stereocenters. The summed E-state index contributed by atoms with van der Waals surface area (Å²) < 4.78 is 27.3. The van der Waals surface area contributed by atoms with Gasteiger partial charge in [0, 0.05) is 19.0 Å². The van der Waals surface area contributed by atoms with Crippen LogP contribution in [0.25, 0.3) is 0 Å². The monoisotopic (exact) mass is 391 g/mol. The van der Waals surface area contributed by atoms with Gasteiger partial charge in [0.15, 0.2) is 0 Å². The Morgan fingerprint density at radius 1 is 1.56 bits per heavy atom. The van der Waals surface area contributed by atoms with Crippen LogP contribution >= 0.6 is 50.5 Å². The lowest BCUT2D eigenvalue weighted by molar-refractivity contribution is 0.284. The second-order valence-electron chi connectivity index (χ2n) is 4.21. The molecule has 0 radical (unpaired) electrons. The zero-order valence-electron chi connectivity index (χ0n) is 9.40. The van der Waals surface area contributed by atoms with E-state index in [-0.39, 0.29) is 10.1 Å². The summed E-state index contributed by atoms with van der Waals surface area (Å²) in [5.41, 5.74) is 0. The molecule has 8 heteroatoms. The Morgan fingerprint density at radius 2 is 2.28 bits per heavy atom. The van der Waals surface area contributed by atoms with Gasteiger partial charge in [-0.05, 0) is 40.8 Å². The minimum Gasteiger partial charge on any atom is -0.206 e. The molecule has 0 N–H and O–H groups in total. The summed E-state index contributed by atoms with van der Waals surface area (Å²) in [6.07, 6.45) is 1.85. The third kappa shape index (κ3) is 3.04. The number of piperidine rings is 1. The van der Waals surface area contributed by atoms with Gasteiger partial charge >= 0.3 is 0 Å². The van der Waals surface area contributed by atoms with E-state index in [4.69, 9.17) is 23.2 Å².